The maximum absolute atomic E-state index is 13.2. The summed E-state index contributed by atoms with van der Waals surface area (Å²) in [5.74, 6) is -0.984. The maximum Gasteiger partial charge on any atom is 0.330 e. The zero-order chi connectivity index (χ0) is 17.9. The fourth-order valence-electron chi connectivity index (χ4n) is 3.45. The smallest absolute Gasteiger partial charge is 0.330 e. The largest absolute Gasteiger partial charge is 0.379 e. The lowest BCUT2D eigenvalue weighted by atomic mass is 9.75. The Balaban J connectivity index is 1.83. The Morgan fingerprint density at radius 2 is 1.76 bits per heavy atom. The number of rotatable bonds is 5. The predicted octanol–water partition coefficient (Wildman–Crippen LogP) is 0.745. The highest BCUT2D eigenvalue weighted by molar-refractivity contribution is 6.22. The van der Waals surface area contributed by atoms with Crippen LogP contribution in [0, 0.1) is 0 Å². The molecule has 0 aromatic heterocycles. The number of imide groups is 2. The molecule has 1 unspecified atom stereocenters. The second-order valence-corrected chi connectivity index (χ2v) is 6.29. The molecule has 2 fully saturated rings. The Kier molecular flexibility index (Phi) is 5.15. The molecule has 0 radical (unpaired) electrons. The zero-order valence-electron chi connectivity index (χ0n) is 14.4. The van der Waals surface area contributed by atoms with E-state index in [1.54, 1.807) is 31.2 Å². The van der Waals surface area contributed by atoms with Crippen molar-refractivity contribution in [1.82, 2.24) is 15.1 Å². The molecule has 7 heteroatoms. The van der Waals surface area contributed by atoms with Crippen molar-refractivity contribution in [2.24, 2.45) is 0 Å². The minimum absolute atomic E-state index is 0.256. The summed E-state index contributed by atoms with van der Waals surface area (Å²) < 4.78 is 5.31. The first kappa shape index (κ1) is 17.6. The van der Waals surface area contributed by atoms with Crippen LogP contribution in [0.5, 0.6) is 0 Å². The molecule has 2 aliphatic heterocycles. The lowest BCUT2D eigenvalue weighted by molar-refractivity contribution is -0.145. The first-order valence-electron chi connectivity index (χ1n) is 8.62. The van der Waals surface area contributed by atoms with Crippen LogP contribution in [-0.4, -0.2) is 67.0 Å². The molecular weight excluding hydrogens is 322 g/mol. The quantitative estimate of drug-likeness (QED) is 0.797. The Bertz CT molecular complexity index is 658. The van der Waals surface area contributed by atoms with Gasteiger partial charge in [-0.3, -0.25) is 24.7 Å². The van der Waals surface area contributed by atoms with Crippen molar-refractivity contribution in [3.63, 3.8) is 0 Å². The van der Waals surface area contributed by atoms with E-state index >= 15 is 0 Å². The summed E-state index contributed by atoms with van der Waals surface area (Å²) in [5.41, 5.74) is -0.732. The number of nitrogens with one attached hydrogen (secondary N) is 1. The number of morpholine rings is 1. The van der Waals surface area contributed by atoms with Gasteiger partial charge in [0.2, 0.25) is 5.91 Å². The Hall–Kier alpha value is -2.25. The van der Waals surface area contributed by atoms with Crippen molar-refractivity contribution in [2.75, 3.05) is 39.4 Å². The molecule has 0 aliphatic carbocycles. The van der Waals surface area contributed by atoms with E-state index in [0.29, 0.717) is 31.7 Å². The summed E-state index contributed by atoms with van der Waals surface area (Å²) in [6, 6.07) is 8.31. The third kappa shape index (κ3) is 3.17. The van der Waals surface area contributed by atoms with E-state index < -0.39 is 23.3 Å². The third-order valence-electron chi connectivity index (χ3n) is 5.00. The maximum atomic E-state index is 13.2. The molecule has 7 nitrogen and oxygen atoms in total. The van der Waals surface area contributed by atoms with E-state index in [1.165, 1.54) is 4.90 Å². The molecule has 0 spiro atoms. The highest BCUT2D eigenvalue weighted by atomic mass is 16.5. The van der Waals surface area contributed by atoms with Crippen LogP contribution in [0.15, 0.2) is 30.3 Å². The molecule has 2 heterocycles. The number of urea groups is 1. The molecule has 1 aromatic carbocycles. The fraction of sp³-hybridized carbons (Fsp3) is 0.500. The van der Waals surface area contributed by atoms with Crippen molar-refractivity contribution in [3.05, 3.63) is 35.9 Å². The second kappa shape index (κ2) is 7.33. The Morgan fingerprint density at radius 1 is 1.08 bits per heavy atom. The summed E-state index contributed by atoms with van der Waals surface area (Å²) in [7, 11) is 0. The summed E-state index contributed by atoms with van der Waals surface area (Å²) in [6.45, 7) is 5.49. The first-order chi connectivity index (χ1) is 12.1. The van der Waals surface area contributed by atoms with Crippen molar-refractivity contribution >= 4 is 17.8 Å². The van der Waals surface area contributed by atoms with Crippen LogP contribution in [0.4, 0.5) is 4.79 Å². The molecule has 134 valence electrons. The summed E-state index contributed by atoms with van der Waals surface area (Å²) in [5, 5.41) is 2.37. The molecule has 2 saturated heterocycles. The minimum Gasteiger partial charge on any atom is -0.379 e. The van der Waals surface area contributed by atoms with Gasteiger partial charge < -0.3 is 4.74 Å². The van der Waals surface area contributed by atoms with E-state index in [-0.39, 0.29) is 6.54 Å². The van der Waals surface area contributed by atoms with Crippen molar-refractivity contribution in [1.29, 1.82) is 0 Å². The van der Waals surface area contributed by atoms with Gasteiger partial charge >= 0.3 is 6.03 Å². The van der Waals surface area contributed by atoms with Gasteiger partial charge in [-0.15, -0.1) is 0 Å². The highest BCUT2D eigenvalue weighted by Gasteiger charge is 2.53. The number of carbonyl (C=O) groups excluding carboxylic acids is 3. The molecule has 25 heavy (non-hydrogen) atoms. The third-order valence-corrected chi connectivity index (χ3v) is 5.00. The lowest BCUT2D eigenvalue weighted by Crippen LogP contribution is -2.66. The topological polar surface area (TPSA) is 79.0 Å². The number of amides is 4. The number of nitrogens with zero attached hydrogens (tertiary/aromatic N) is 2. The monoisotopic (exact) mass is 345 g/mol. The molecule has 3 rings (SSSR count). The van der Waals surface area contributed by atoms with E-state index in [1.807, 2.05) is 6.07 Å². The van der Waals surface area contributed by atoms with E-state index in [0.717, 1.165) is 13.1 Å². The number of hydrogen-bond donors (Lipinski definition) is 1. The van der Waals surface area contributed by atoms with Gasteiger partial charge in [0.1, 0.15) is 0 Å². The fourth-order valence-corrected chi connectivity index (χ4v) is 3.45. The normalized spacial score (nSPS) is 25.2. The standard InChI is InChI=1S/C18H23N3O4/c1-2-18(14-6-4-3-5-7-14)15(22)19-17(24)21(16(18)23)9-8-20-10-12-25-13-11-20/h3-7H,2,8-13H2,1H3,(H,19,22,24). The number of hydrogen-bond acceptors (Lipinski definition) is 5. The van der Waals surface area contributed by atoms with E-state index in [9.17, 15) is 14.4 Å². The van der Waals surface area contributed by atoms with E-state index in [2.05, 4.69) is 10.2 Å². The number of carbonyl (C=O) groups is 3. The summed E-state index contributed by atoms with van der Waals surface area (Å²) >= 11 is 0. The average molecular weight is 345 g/mol. The van der Waals surface area contributed by atoms with Crippen molar-refractivity contribution in [3.8, 4) is 0 Å². The summed E-state index contributed by atoms with van der Waals surface area (Å²) in [6.07, 6.45) is 0.295. The van der Waals surface area contributed by atoms with Crippen molar-refractivity contribution < 1.29 is 19.1 Å². The van der Waals surface area contributed by atoms with Gasteiger partial charge in [-0.05, 0) is 12.0 Å². The molecule has 0 saturated carbocycles. The van der Waals surface area contributed by atoms with Crippen LogP contribution in [0.3, 0.4) is 0 Å². The van der Waals surface area contributed by atoms with Crippen LogP contribution in [0.25, 0.3) is 0 Å². The van der Waals surface area contributed by atoms with Crippen LogP contribution in [-0.2, 0) is 19.7 Å². The van der Waals surface area contributed by atoms with Gasteiger partial charge in [0.05, 0.1) is 13.2 Å². The van der Waals surface area contributed by atoms with Crippen LogP contribution >= 0.6 is 0 Å². The van der Waals surface area contributed by atoms with Gasteiger partial charge in [0, 0.05) is 26.2 Å². The molecule has 2 aliphatic rings. The van der Waals surface area contributed by atoms with Gasteiger partial charge in [0.15, 0.2) is 5.41 Å². The molecule has 1 aromatic rings. The average Bonchev–Trinajstić information content (AvgIpc) is 2.64. The molecule has 4 amide bonds. The Labute approximate surface area is 146 Å². The highest BCUT2D eigenvalue weighted by Crippen LogP contribution is 2.33. The van der Waals surface area contributed by atoms with Crippen LogP contribution < -0.4 is 5.32 Å². The predicted molar refractivity (Wildman–Crippen MR) is 90.9 cm³/mol. The van der Waals surface area contributed by atoms with Crippen LogP contribution in [0.1, 0.15) is 18.9 Å². The number of barbiturate groups is 1. The van der Waals surface area contributed by atoms with Gasteiger partial charge in [-0.25, -0.2) is 4.79 Å². The van der Waals surface area contributed by atoms with Gasteiger partial charge in [-0.1, -0.05) is 37.3 Å². The van der Waals surface area contributed by atoms with Crippen LogP contribution in [0.2, 0.25) is 0 Å². The van der Waals surface area contributed by atoms with Gasteiger partial charge in [0.25, 0.3) is 5.91 Å². The van der Waals surface area contributed by atoms with Crippen molar-refractivity contribution in [2.45, 2.75) is 18.8 Å². The molecule has 1 N–H and O–H groups in total. The van der Waals surface area contributed by atoms with Gasteiger partial charge in [-0.2, -0.15) is 0 Å². The molecule has 1 atom stereocenters. The Morgan fingerprint density at radius 3 is 2.40 bits per heavy atom. The second-order valence-electron chi connectivity index (χ2n) is 6.29. The SMILES string of the molecule is CCC1(c2ccccc2)C(=O)NC(=O)N(CCN2CCOCC2)C1=O. The minimum atomic E-state index is -1.35. The van der Waals surface area contributed by atoms with E-state index in [4.69, 9.17) is 4.74 Å². The lowest BCUT2D eigenvalue weighted by Gasteiger charge is -2.40. The summed E-state index contributed by atoms with van der Waals surface area (Å²) in [4.78, 5) is 41.4. The zero-order valence-corrected chi connectivity index (χ0v) is 14.4. The number of benzene rings is 1. The molecular formula is C18H23N3O4. The first-order valence-corrected chi connectivity index (χ1v) is 8.62. The molecule has 0 bridgehead atoms. The number of ether oxygens (including phenoxy) is 1.